The van der Waals surface area contributed by atoms with E-state index in [4.69, 9.17) is 4.74 Å². The molecule has 8 heteroatoms. The maximum Gasteiger partial charge on any atom is 0.305 e. The largest absolute Gasteiger partial charge is 0.466 e. The molecule has 1 aliphatic rings. The SMILES string of the molecule is CCOC(=O)CCCCCNC1c2ccccc2N(C)S(=O)(=O)c2cc(Br)ccc21. The third-order valence-corrected chi connectivity index (χ3v) is 7.54. The number of carbonyl (C=O) groups is 1. The first-order valence-electron chi connectivity index (χ1n) is 10.1. The second-order valence-corrected chi connectivity index (χ2v) is 10.1. The highest BCUT2D eigenvalue weighted by molar-refractivity contribution is 9.10. The van der Waals surface area contributed by atoms with Crippen molar-refractivity contribution in [3.63, 3.8) is 0 Å². The summed E-state index contributed by atoms with van der Waals surface area (Å²) in [6.45, 7) is 2.93. The third kappa shape index (κ3) is 4.87. The van der Waals surface area contributed by atoms with Crippen molar-refractivity contribution in [1.82, 2.24) is 5.32 Å². The molecule has 0 radical (unpaired) electrons. The number of halogens is 1. The van der Waals surface area contributed by atoms with Crippen LogP contribution in [0.2, 0.25) is 0 Å². The highest BCUT2D eigenvalue weighted by Gasteiger charge is 2.34. The molecule has 3 rings (SSSR count). The third-order valence-electron chi connectivity index (χ3n) is 5.22. The standard InChI is InChI=1S/C22H27BrN2O4S/c1-3-29-21(26)11-5-4-8-14-24-22-17-9-6-7-10-19(17)25(2)30(27,28)20-15-16(23)12-13-18(20)22/h6-7,9-10,12-13,15,22,24H,3-5,8,11,14H2,1-2H3. The quantitative estimate of drug-likeness (QED) is 0.434. The summed E-state index contributed by atoms with van der Waals surface area (Å²) >= 11 is 3.41. The average Bonchev–Trinajstić information content (AvgIpc) is 2.79. The van der Waals surface area contributed by atoms with Crippen molar-refractivity contribution < 1.29 is 17.9 Å². The van der Waals surface area contributed by atoms with E-state index in [1.54, 1.807) is 20.0 Å². The van der Waals surface area contributed by atoms with Crippen molar-refractivity contribution in [2.24, 2.45) is 0 Å². The predicted octanol–water partition coefficient (Wildman–Crippen LogP) is 4.39. The second kappa shape index (κ2) is 9.94. The van der Waals surface area contributed by atoms with E-state index in [1.807, 2.05) is 36.4 Å². The van der Waals surface area contributed by atoms with Crippen LogP contribution in [0, 0.1) is 0 Å². The van der Waals surface area contributed by atoms with Crippen LogP contribution in [0.1, 0.15) is 49.8 Å². The molecule has 1 unspecified atom stereocenters. The Labute approximate surface area is 186 Å². The van der Waals surface area contributed by atoms with Gasteiger partial charge in [-0.25, -0.2) is 8.42 Å². The molecular formula is C22H27BrN2O4S. The van der Waals surface area contributed by atoms with Gasteiger partial charge in [0, 0.05) is 17.9 Å². The summed E-state index contributed by atoms with van der Waals surface area (Å²) < 4.78 is 33.5. The molecular weight excluding hydrogens is 468 g/mol. The van der Waals surface area contributed by atoms with Crippen LogP contribution in [0.15, 0.2) is 51.8 Å². The molecule has 0 aromatic heterocycles. The number of nitrogens with one attached hydrogen (secondary N) is 1. The minimum Gasteiger partial charge on any atom is -0.466 e. The van der Waals surface area contributed by atoms with Gasteiger partial charge >= 0.3 is 5.97 Å². The first-order chi connectivity index (χ1) is 14.4. The number of benzene rings is 2. The van der Waals surface area contributed by atoms with E-state index >= 15 is 0 Å². The smallest absolute Gasteiger partial charge is 0.305 e. The number of carbonyl (C=O) groups excluding carboxylic acids is 1. The highest BCUT2D eigenvalue weighted by Crippen LogP contribution is 2.40. The van der Waals surface area contributed by atoms with Gasteiger partial charge in [0.1, 0.15) is 0 Å². The zero-order valence-corrected chi connectivity index (χ0v) is 19.6. The Morgan fingerprint density at radius 2 is 1.90 bits per heavy atom. The van der Waals surface area contributed by atoms with Gasteiger partial charge in [-0.3, -0.25) is 9.10 Å². The monoisotopic (exact) mass is 494 g/mol. The maximum atomic E-state index is 13.3. The number of rotatable bonds is 8. The molecule has 2 aromatic carbocycles. The van der Waals surface area contributed by atoms with Gasteiger partial charge in [-0.1, -0.05) is 46.6 Å². The summed E-state index contributed by atoms with van der Waals surface area (Å²) in [5.74, 6) is -0.157. The number of para-hydroxylation sites is 1. The van der Waals surface area contributed by atoms with Gasteiger partial charge in [0.15, 0.2) is 0 Å². The molecule has 1 heterocycles. The van der Waals surface area contributed by atoms with Crippen LogP contribution in [0.25, 0.3) is 0 Å². The minimum absolute atomic E-state index is 0.157. The zero-order valence-electron chi connectivity index (χ0n) is 17.2. The van der Waals surface area contributed by atoms with Gasteiger partial charge in [-0.15, -0.1) is 0 Å². The fourth-order valence-corrected chi connectivity index (χ4v) is 5.70. The Bertz CT molecular complexity index is 1010. The van der Waals surface area contributed by atoms with E-state index in [9.17, 15) is 13.2 Å². The van der Waals surface area contributed by atoms with Crippen molar-refractivity contribution in [2.45, 2.75) is 43.5 Å². The van der Waals surface area contributed by atoms with E-state index in [1.165, 1.54) is 4.31 Å². The highest BCUT2D eigenvalue weighted by atomic mass is 79.9. The van der Waals surface area contributed by atoms with E-state index in [2.05, 4.69) is 21.2 Å². The lowest BCUT2D eigenvalue weighted by atomic mass is 9.96. The molecule has 0 aliphatic carbocycles. The molecule has 0 spiro atoms. The molecule has 30 heavy (non-hydrogen) atoms. The number of fused-ring (bicyclic) bond motifs is 2. The topological polar surface area (TPSA) is 75.7 Å². The first kappa shape index (κ1) is 22.8. The van der Waals surface area contributed by atoms with E-state index in [0.29, 0.717) is 30.2 Å². The van der Waals surface area contributed by atoms with Gasteiger partial charge in [0.05, 0.1) is 23.2 Å². The van der Waals surface area contributed by atoms with Crippen LogP contribution in [-0.2, 0) is 19.6 Å². The predicted molar refractivity (Wildman–Crippen MR) is 121 cm³/mol. The lowest BCUT2D eigenvalue weighted by molar-refractivity contribution is -0.143. The summed E-state index contributed by atoms with van der Waals surface area (Å²) in [5, 5.41) is 3.54. The van der Waals surface area contributed by atoms with Crippen LogP contribution in [0.3, 0.4) is 0 Å². The molecule has 0 fully saturated rings. The van der Waals surface area contributed by atoms with Crippen LogP contribution in [-0.4, -0.2) is 34.6 Å². The molecule has 0 bridgehead atoms. The Morgan fingerprint density at radius 1 is 1.13 bits per heavy atom. The van der Waals surface area contributed by atoms with Gasteiger partial charge in [-0.2, -0.15) is 0 Å². The average molecular weight is 495 g/mol. The van der Waals surface area contributed by atoms with Crippen LogP contribution >= 0.6 is 15.9 Å². The summed E-state index contributed by atoms with van der Waals surface area (Å²) in [5.41, 5.74) is 2.34. The van der Waals surface area contributed by atoms with Gasteiger partial charge in [0.25, 0.3) is 10.0 Å². The van der Waals surface area contributed by atoms with Crippen LogP contribution < -0.4 is 9.62 Å². The first-order valence-corrected chi connectivity index (χ1v) is 12.4. The molecule has 1 aliphatic heterocycles. The fraction of sp³-hybridized carbons (Fsp3) is 0.409. The lowest BCUT2D eigenvalue weighted by Gasteiger charge is -2.22. The fourth-order valence-electron chi connectivity index (χ4n) is 3.70. The number of hydrogen-bond donors (Lipinski definition) is 1. The number of esters is 1. The zero-order chi connectivity index (χ0) is 21.7. The number of ether oxygens (including phenoxy) is 1. The van der Waals surface area contributed by atoms with Crippen LogP contribution in [0.4, 0.5) is 5.69 Å². The van der Waals surface area contributed by atoms with Crippen LogP contribution in [0.5, 0.6) is 0 Å². The minimum atomic E-state index is -3.67. The Hall–Kier alpha value is -1.90. The number of anilines is 1. The Balaban J connectivity index is 1.80. The number of nitrogens with zero attached hydrogens (tertiary/aromatic N) is 1. The Morgan fingerprint density at radius 3 is 2.67 bits per heavy atom. The van der Waals surface area contributed by atoms with E-state index in [0.717, 1.165) is 34.9 Å². The Kier molecular flexibility index (Phi) is 7.55. The second-order valence-electron chi connectivity index (χ2n) is 7.22. The van der Waals surface area contributed by atoms with Gasteiger partial charge in [0.2, 0.25) is 0 Å². The molecule has 0 amide bonds. The molecule has 2 aromatic rings. The maximum absolute atomic E-state index is 13.3. The molecule has 0 saturated heterocycles. The van der Waals surface area contributed by atoms with E-state index < -0.39 is 10.0 Å². The summed E-state index contributed by atoms with van der Waals surface area (Å²) in [4.78, 5) is 11.8. The lowest BCUT2D eigenvalue weighted by Crippen LogP contribution is -2.26. The summed E-state index contributed by atoms with van der Waals surface area (Å²) in [6.07, 6.45) is 2.99. The number of sulfonamides is 1. The summed E-state index contributed by atoms with van der Waals surface area (Å²) in [7, 11) is -2.07. The van der Waals surface area contributed by atoms with Crippen molar-refractivity contribution in [3.05, 3.63) is 58.1 Å². The molecule has 162 valence electrons. The number of hydrogen-bond acceptors (Lipinski definition) is 5. The van der Waals surface area contributed by atoms with Gasteiger partial charge < -0.3 is 10.1 Å². The molecule has 1 atom stereocenters. The number of unbranched alkanes of at least 4 members (excludes halogenated alkanes) is 2. The molecule has 6 nitrogen and oxygen atoms in total. The molecule has 0 saturated carbocycles. The molecule has 1 N–H and O–H groups in total. The van der Waals surface area contributed by atoms with Crippen molar-refractivity contribution in [2.75, 3.05) is 24.5 Å². The van der Waals surface area contributed by atoms with Crippen molar-refractivity contribution >= 4 is 37.6 Å². The summed E-state index contributed by atoms with van der Waals surface area (Å²) in [6, 6.07) is 12.7. The normalized spacial score (nSPS) is 17.0. The van der Waals surface area contributed by atoms with Crippen molar-refractivity contribution in [3.8, 4) is 0 Å². The van der Waals surface area contributed by atoms with Crippen molar-refractivity contribution in [1.29, 1.82) is 0 Å². The van der Waals surface area contributed by atoms with E-state index in [-0.39, 0.29) is 12.0 Å². The van der Waals surface area contributed by atoms with Gasteiger partial charge in [-0.05, 0) is 55.6 Å².